The minimum atomic E-state index is -0.318. The minimum Gasteiger partial charge on any atom is -0.207 e. The van der Waals surface area contributed by atoms with Crippen LogP contribution >= 0.6 is 15.9 Å². The third kappa shape index (κ3) is 1.79. The smallest absolute Gasteiger partial charge is 0.124 e. The summed E-state index contributed by atoms with van der Waals surface area (Å²) in [7, 11) is 0. The Labute approximate surface area is 61.8 Å². The highest BCUT2D eigenvalue weighted by molar-refractivity contribution is 9.10. The summed E-state index contributed by atoms with van der Waals surface area (Å²) in [6, 6.07) is 4.27. The van der Waals surface area contributed by atoms with Crippen molar-refractivity contribution in [2.24, 2.45) is 0 Å². The van der Waals surface area contributed by atoms with Crippen molar-refractivity contribution in [3.05, 3.63) is 41.0 Å². The second-order valence-corrected chi connectivity index (χ2v) is 2.62. The van der Waals surface area contributed by atoms with Crippen LogP contribution in [0.15, 0.2) is 22.7 Å². The predicted octanol–water partition coefficient (Wildman–Crippen LogP) is 2.65. The fourth-order valence-corrected chi connectivity index (χ4v) is 1.06. The van der Waals surface area contributed by atoms with Crippen LogP contribution in [0.25, 0.3) is 0 Å². The van der Waals surface area contributed by atoms with E-state index in [9.17, 15) is 4.39 Å². The van der Waals surface area contributed by atoms with Crippen molar-refractivity contribution in [2.45, 2.75) is 0 Å². The molecule has 0 spiro atoms. The van der Waals surface area contributed by atoms with Gasteiger partial charge in [0.15, 0.2) is 0 Å². The number of benzene rings is 1. The van der Waals surface area contributed by atoms with Gasteiger partial charge in [0, 0.05) is 4.47 Å². The first kappa shape index (κ1) is 6.75. The van der Waals surface area contributed by atoms with E-state index in [0.717, 1.165) is 0 Å². The first-order valence-corrected chi connectivity index (χ1v) is 3.19. The lowest BCUT2D eigenvalue weighted by molar-refractivity contribution is 0.626. The van der Waals surface area contributed by atoms with E-state index in [1.165, 1.54) is 12.1 Å². The monoisotopic (exact) mass is 186 g/mol. The maximum atomic E-state index is 12.3. The molecule has 0 aliphatic rings. The van der Waals surface area contributed by atoms with Crippen molar-refractivity contribution in [1.82, 2.24) is 0 Å². The van der Waals surface area contributed by atoms with Crippen LogP contribution in [0.2, 0.25) is 0 Å². The highest BCUT2D eigenvalue weighted by atomic mass is 79.9. The molecule has 2 heteroatoms. The van der Waals surface area contributed by atoms with Crippen molar-refractivity contribution in [3.63, 3.8) is 0 Å². The second-order valence-electron chi connectivity index (χ2n) is 1.70. The van der Waals surface area contributed by atoms with Crippen LogP contribution in [0.4, 0.5) is 4.39 Å². The van der Waals surface area contributed by atoms with Gasteiger partial charge in [-0.2, -0.15) is 0 Å². The van der Waals surface area contributed by atoms with Crippen LogP contribution in [0.1, 0.15) is 5.56 Å². The van der Waals surface area contributed by atoms with Crippen LogP contribution < -0.4 is 0 Å². The minimum absolute atomic E-state index is 0.318. The Morgan fingerprint density at radius 3 is 2.44 bits per heavy atom. The first-order chi connectivity index (χ1) is 4.18. The van der Waals surface area contributed by atoms with Gasteiger partial charge in [-0.3, -0.25) is 0 Å². The van der Waals surface area contributed by atoms with Crippen LogP contribution in [0, 0.1) is 12.7 Å². The summed E-state index contributed by atoms with van der Waals surface area (Å²) in [6.45, 7) is 5.29. The molecule has 0 unspecified atom stereocenters. The highest BCUT2D eigenvalue weighted by Crippen LogP contribution is 2.13. The van der Waals surface area contributed by atoms with E-state index in [1.807, 2.05) is 0 Å². The Morgan fingerprint density at radius 1 is 1.33 bits per heavy atom. The molecule has 46 valence electrons. The molecule has 0 saturated carbocycles. The number of hydrogen-bond donors (Lipinski definition) is 0. The standard InChI is InChI=1S/C7H4BrF/c1-5-2-6(8)4-7(9)3-5/h1-4H. The molecule has 0 atom stereocenters. The Hall–Kier alpha value is -0.370. The second kappa shape index (κ2) is 2.48. The van der Waals surface area contributed by atoms with Gasteiger partial charge < -0.3 is 0 Å². The molecule has 1 aromatic carbocycles. The molecule has 0 N–H and O–H groups in total. The van der Waals surface area contributed by atoms with E-state index in [0.29, 0.717) is 10.0 Å². The van der Waals surface area contributed by atoms with E-state index in [4.69, 9.17) is 6.92 Å². The molecular weight excluding hydrogens is 183 g/mol. The van der Waals surface area contributed by atoms with Crippen LogP contribution in [-0.2, 0) is 0 Å². The van der Waals surface area contributed by atoms with Crippen LogP contribution in [0.5, 0.6) is 0 Å². The Bertz CT molecular complexity index is 170. The Morgan fingerprint density at radius 2 is 2.00 bits per heavy atom. The molecule has 0 nitrogen and oxygen atoms in total. The molecule has 1 rings (SSSR count). The zero-order valence-electron chi connectivity index (χ0n) is 4.57. The SMILES string of the molecule is [CH]c1cc(F)cc(Br)c1. The fourth-order valence-electron chi connectivity index (χ4n) is 0.575. The quantitative estimate of drug-likeness (QED) is 0.585. The lowest BCUT2D eigenvalue weighted by Crippen LogP contribution is -1.76. The number of hydrogen-bond acceptors (Lipinski definition) is 0. The van der Waals surface area contributed by atoms with Gasteiger partial charge in [-0.25, -0.2) is 4.39 Å². The van der Waals surface area contributed by atoms with Gasteiger partial charge in [0.1, 0.15) is 5.82 Å². The van der Waals surface area contributed by atoms with E-state index >= 15 is 0 Å². The van der Waals surface area contributed by atoms with E-state index in [1.54, 1.807) is 6.07 Å². The van der Waals surface area contributed by atoms with Crippen molar-refractivity contribution >= 4 is 15.9 Å². The van der Waals surface area contributed by atoms with Gasteiger partial charge in [-0.15, -0.1) is 0 Å². The maximum absolute atomic E-state index is 12.3. The van der Waals surface area contributed by atoms with Crippen molar-refractivity contribution in [3.8, 4) is 0 Å². The highest BCUT2D eigenvalue weighted by Gasteiger charge is 1.92. The van der Waals surface area contributed by atoms with Gasteiger partial charge in [0.05, 0.1) is 0 Å². The van der Waals surface area contributed by atoms with Crippen molar-refractivity contribution in [1.29, 1.82) is 0 Å². The van der Waals surface area contributed by atoms with Gasteiger partial charge in [-0.1, -0.05) is 15.9 Å². The lowest BCUT2D eigenvalue weighted by atomic mass is 10.2. The molecule has 0 amide bonds. The zero-order valence-corrected chi connectivity index (χ0v) is 6.15. The van der Waals surface area contributed by atoms with Crippen molar-refractivity contribution < 1.29 is 4.39 Å². The summed E-state index contributed by atoms with van der Waals surface area (Å²) in [5.41, 5.74) is 0.432. The van der Waals surface area contributed by atoms with Gasteiger partial charge >= 0.3 is 0 Å². The maximum Gasteiger partial charge on any atom is 0.124 e. The van der Waals surface area contributed by atoms with Gasteiger partial charge in [-0.05, 0) is 30.7 Å². The predicted molar refractivity (Wildman–Crippen MR) is 37.5 cm³/mol. The van der Waals surface area contributed by atoms with Gasteiger partial charge in [0.2, 0.25) is 0 Å². The summed E-state index contributed by atoms with van der Waals surface area (Å²) < 4.78 is 13.0. The molecule has 0 saturated heterocycles. The molecule has 1 aromatic rings. The summed E-state index contributed by atoms with van der Waals surface area (Å²) in [5, 5.41) is 0. The summed E-state index contributed by atoms with van der Waals surface area (Å²) in [5.74, 6) is -0.318. The Kier molecular flexibility index (Phi) is 1.86. The third-order valence-electron chi connectivity index (χ3n) is 0.885. The normalized spacial score (nSPS) is 9.67. The van der Waals surface area contributed by atoms with E-state index in [-0.39, 0.29) is 5.82 Å². The zero-order chi connectivity index (χ0) is 6.85. The average molecular weight is 187 g/mol. The fraction of sp³-hybridized carbons (Fsp3) is 0. The summed E-state index contributed by atoms with van der Waals surface area (Å²) in [4.78, 5) is 0. The van der Waals surface area contributed by atoms with E-state index in [2.05, 4.69) is 15.9 Å². The average Bonchev–Trinajstić information content (AvgIpc) is 1.59. The molecule has 2 radical (unpaired) electrons. The number of halogens is 2. The lowest BCUT2D eigenvalue weighted by Gasteiger charge is -1.92. The Balaban J connectivity index is 3.17. The first-order valence-electron chi connectivity index (χ1n) is 2.40. The van der Waals surface area contributed by atoms with Crippen LogP contribution in [-0.4, -0.2) is 0 Å². The molecule has 0 heterocycles. The van der Waals surface area contributed by atoms with Gasteiger partial charge in [0.25, 0.3) is 0 Å². The molecule has 0 aliphatic carbocycles. The van der Waals surface area contributed by atoms with Crippen molar-refractivity contribution in [2.75, 3.05) is 0 Å². The summed E-state index contributed by atoms with van der Waals surface area (Å²) >= 11 is 3.09. The molecule has 9 heavy (non-hydrogen) atoms. The third-order valence-corrected chi connectivity index (χ3v) is 1.34. The van der Waals surface area contributed by atoms with Crippen LogP contribution in [0.3, 0.4) is 0 Å². The topological polar surface area (TPSA) is 0 Å². The molecular formula is C7H4BrF. The molecule has 0 aromatic heterocycles. The molecule has 0 fully saturated rings. The molecule has 0 bridgehead atoms. The molecule has 0 aliphatic heterocycles. The van der Waals surface area contributed by atoms with E-state index < -0.39 is 0 Å². The largest absolute Gasteiger partial charge is 0.207 e. The summed E-state index contributed by atoms with van der Waals surface area (Å²) in [6.07, 6.45) is 0. The number of rotatable bonds is 0.